The Balaban J connectivity index is 2.93. The molecule has 1 aliphatic rings. The SMILES string of the molecule is COC(=O)C1CCC(C(F)(F)F)CN1C(=O)OC(C)(C)C. The number of esters is 1. The zero-order valence-corrected chi connectivity index (χ0v) is 12.5. The standard InChI is InChI=1S/C13H20F3NO4/c1-12(2,3)21-11(19)17-7-8(13(14,15)16)5-6-9(17)10(18)20-4/h8-9H,5-7H2,1-4H3. The fourth-order valence-corrected chi connectivity index (χ4v) is 2.14. The van der Waals surface area contributed by atoms with Crippen LogP contribution in [-0.2, 0) is 14.3 Å². The van der Waals surface area contributed by atoms with Crippen molar-refractivity contribution < 1.29 is 32.2 Å². The molecule has 0 saturated carbocycles. The monoisotopic (exact) mass is 311 g/mol. The number of carbonyl (C=O) groups excluding carboxylic acids is 2. The molecule has 21 heavy (non-hydrogen) atoms. The number of methoxy groups -OCH3 is 1. The number of hydrogen-bond acceptors (Lipinski definition) is 4. The molecule has 1 amide bonds. The van der Waals surface area contributed by atoms with Crippen LogP contribution in [0.2, 0.25) is 0 Å². The molecule has 122 valence electrons. The van der Waals surface area contributed by atoms with E-state index in [4.69, 9.17) is 4.74 Å². The molecule has 1 aliphatic heterocycles. The summed E-state index contributed by atoms with van der Waals surface area (Å²) in [6, 6.07) is -1.04. The normalized spacial score (nSPS) is 23.7. The van der Waals surface area contributed by atoms with E-state index in [0.29, 0.717) is 0 Å². The number of amides is 1. The lowest BCUT2D eigenvalue weighted by Gasteiger charge is -2.39. The summed E-state index contributed by atoms with van der Waals surface area (Å²) in [5, 5.41) is 0. The predicted octanol–water partition coefficient (Wildman–Crippen LogP) is 2.74. The Morgan fingerprint density at radius 2 is 1.71 bits per heavy atom. The topological polar surface area (TPSA) is 55.8 Å². The highest BCUT2D eigenvalue weighted by atomic mass is 19.4. The Kier molecular flexibility index (Phi) is 5.11. The van der Waals surface area contributed by atoms with Crippen molar-refractivity contribution in [1.82, 2.24) is 4.90 Å². The Morgan fingerprint density at radius 3 is 2.14 bits per heavy atom. The van der Waals surface area contributed by atoms with E-state index in [0.717, 1.165) is 12.0 Å². The average molecular weight is 311 g/mol. The van der Waals surface area contributed by atoms with E-state index in [1.807, 2.05) is 0 Å². The summed E-state index contributed by atoms with van der Waals surface area (Å²) < 4.78 is 48.1. The second-order valence-corrected chi connectivity index (χ2v) is 5.99. The molecule has 1 fully saturated rings. The van der Waals surface area contributed by atoms with Gasteiger partial charge in [-0.1, -0.05) is 0 Å². The number of alkyl halides is 3. The van der Waals surface area contributed by atoms with Gasteiger partial charge in [0.1, 0.15) is 11.6 Å². The Hall–Kier alpha value is -1.47. The van der Waals surface area contributed by atoms with Crippen LogP contribution in [0.5, 0.6) is 0 Å². The van der Waals surface area contributed by atoms with Gasteiger partial charge in [-0.15, -0.1) is 0 Å². The van der Waals surface area contributed by atoms with Crippen LogP contribution in [-0.4, -0.2) is 48.4 Å². The molecule has 2 unspecified atom stereocenters. The summed E-state index contributed by atoms with van der Waals surface area (Å²) in [6.07, 6.45) is -5.67. The molecule has 2 atom stereocenters. The zero-order valence-electron chi connectivity index (χ0n) is 12.5. The highest BCUT2D eigenvalue weighted by Gasteiger charge is 2.48. The Labute approximate surface area is 121 Å². The van der Waals surface area contributed by atoms with E-state index in [1.54, 1.807) is 20.8 Å². The van der Waals surface area contributed by atoms with Gasteiger partial charge in [0.25, 0.3) is 0 Å². The largest absolute Gasteiger partial charge is 0.467 e. The molecule has 0 spiro atoms. The number of hydrogen-bond donors (Lipinski definition) is 0. The van der Waals surface area contributed by atoms with E-state index in [2.05, 4.69) is 4.74 Å². The molecule has 1 rings (SSSR count). The van der Waals surface area contributed by atoms with Crippen LogP contribution in [0.1, 0.15) is 33.6 Å². The van der Waals surface area contributed by atoms with Gasteiger partial charge in [-0.2, -0.15) is 13.2 Å². The second kappa shape index (κ2) is 6.11. The van der Waals surface area contributed by atoms with Crippen LogP contribution in [0.3, 0.4) is 0 Å². The summed E-state index contributed by atoms with van der Waals surface area (Å²) in [6.45, 7) is 4.20. The van der Waals surface area contributed by atoms with E-state index in [1.165, 1.54) is 0 Å². The summed E-state index contributed by atoms with van der Waals surface area (Å²) in [4.78, 5) is 24.5. The molecule has 8 heteroatoms. The van der Waals surface area contributed by atoms with Crippen LogP contribution < -0.4 is 0 Å². The van der Waals surface area contributed by atoms with Crippen molar-refractivity contribution in [2.45, 2.75) is 51.4 Å². The van der Waals surface area contributed by atoms with Crippen molar-refractivity contribution in [2.24, 2.45) is 5.92 Å². The van der Waals surface area contributed by atoms with E-state index in [9.17, 15) is 22.8 Å². The number of nitrogens with zero attached hydrogens (tertiary/aromatic N) is 1. The fraction of sp³-hybridized carbons (Fsp3) is 0.846. The molecule has 1 saturated heterocycles. The first-order valence-corrected chi connectivity index (χ1v) is 6.60. The van der Waals surface area contributed by atoms with Gasteiger partial charge in [0.15, 0.2) is 0 Å². The van der Waals surface area contributed by atoms with Crippen LogP contribution in [0.4, 0.5) is 18.0 Å². The zero-order chi connectivity index (χ0) is 16.4. The third kappa shape index (κ3) is 4.78. The number of piperidine rings is 1. The number of ether oxygens (including phenoxy) is 2. The van der Waals surface area contributed by atoms with Gasteiger partial charge in [-0.25, -0.2) is 9.59 Å². The van der Waals surface area contributed by atoms with Crippen molar-refractivity contribution in [2.75, 3.05) is 13.7 Å². The predicted molar refractivity (Wildman–Crippen MR) is 67.5 cm³/mol. The molecule has 0 aliphatic carbocycles. The van der Waals surface area contributed by atoms with Crippen molar-refractivity contribution in [1.29, 1.82) is 0 Å². The van der Waals surface area contributed by atoms with Gasteiger partial charge >= 0.3 is 18.2 Å². The quantitative estimate of drug-likeness (QED) is 0.699. The second-order valence-electron chi connectivity index (χ2n) is 5.99. The summed E-state index contributed by atoms with van der Waals surface area (Å²) in [7, 11) is 1.13. The minimum atomic E-state index is -4.42. The number of likely N-dealkylation sites (tertiary alicyclic amines) is 1. The van der Waals surface area contributed by atoms with E-state index < -0.39 is 42.3 Å². The minimum Gasteiger partial charge on any atom is -0.467 e. The summed E-state index contributed by atoms with van der Waals surface area (Å²) >= 11 is 0. The van der Waals surface area contributed by atoms with Gasteiger partial charge in [0, 0.05) is 6.54 Å². The summed E-state index contributed by atoms with van der Waals surface area (Å²) in [5.74, 6) is -2.40. The molecule has 0 aromatic carbocycles. The maximum atomic E-state index is 12.8. The van der Waals surface area contributed by atoms with Gasteiger partial charge in [-0.3, -0.25) is 4.90 Å². The van der Waals surface area contributed by atoms with E-state index in [-0.39, 0.29) is 12.8 Å². The third-order valence-corrected chi connectivity index (χ3v) is 3.15. The fourth-order valence-electron chi connectivity index (χ4n) is 2.14. The molecule has 0 N–H and O–H groups in total. The maximum absolute atomic E-state index is 12.8. The first-order valence-electron chi connectivity index (χ1n) is 6.60. The highest BCUT2D eigenvalue weighted by Crippen LogP contribution is 2.36. The minimum absolute atomic E-state index is 0.101. The summed E-state index contributed by atoms with van der Waals surface area (Å²) in [5.41, 5.74) is -0.858. The molecule has 1 heterocycles. The molecule has 5 nitrogen and oxygen atoms in total. The molecular weight excluding hydrogens is 291 g/mol. The highest BCUT2D eigenvalue weighted by molar-refractivity contribution is 5.81. The van der Waals surface area contributed by atoms with Crippen LogP contribution in [0, 0.1) is 5.92 Å². The van der Waals surface area contributed by atoms with E-state index >= 15 is 0 Å². The van der Waals surface area contributed by atoms with Gasteiger partial charge in [0.2, 0.25) is 0 Å². The lowest BCUT2D eigenvalue weighted by molar-refractivity contribution is -0.192. The molecule has 0 aromatic rings. The van der Waals surface area contributed by atoms with Crippen LogP contribution in [0.15, 0.2) is 0 Å². The van der Waals surface area contributed by atoms with Crippen molar-refractivity contribution >= 4 is 12.1 Å². The van der Waals surface area contributed by atoms with Crippen molar-refractivity contribution in [3.63, 3.8) is 0 Å². The first-order chi connectivity index (χ1) is 9.45. The third-order valence-electron chi connectivity index (χ3n) is 3.15. The number of rotatable bonds is 1. The molecule has 0 aromatic heterocycles. The Morgan fingerprint density at radius 1 is 1.14 bits per heavy atom. The van der Waals surface area contributed by atoms with Crippen LogP contribution >= 0.6 is 0 Å². The van der Waals surface area contributed by atoms with Crippen LogP contribution in [0.25, 0.3) is 0 Å². The molecular formula is C13H20F3NO4. The molecule has 0 radical (unpaired) electrons. The lowest BCUT2D eigenvalue weighted by Crippen LogP contribution is -2.54. The lowest BCUT2D eigenvalue weighted by atomic mass is 9.92. The van der Waals surface area contributed by atoms with Gasteiger partial charge in [0.05, 0.1) is 13.0 Å². The molecule has 0 bridgehead atoms. The Bertz CT molecular complexity index is 403. The number of halogens is 3. The van der Waals surface area contributed by atoms with Crippen molar-refractivity contribution in [3.05, 3.63) is 0 Å². The van der Waals surface area contributed by atoms with Crippen molar-refractivity contribution in [3.8, 4) is 0 Å². The number of carbonyl (C=O) groups is 2. The smallest absolute Gasteiger partial charge is 0.411 e. The first kappa shape index (κ1) is 17.6. The van der Waals surface area contributed by atoms with Gasteiger partial charge < -0.3 is 9.47 Å². The maximum Gasteiger partial charge on any atom is 0.411 e. The average Bonchev–Trinajstić information content (AvgIpc) is 2.34. The van der Waals surface area contributed by atoms with Gasteiger partial charge in [-0.05, 0) is 33.6 Å².